The van der Waals surface area contributed by atoms with Crippen LogP contribution in [0.4, 0.5) is 4.39 Å². The Hall–Kier alpha value is -3.02. The van der Waals surface area contributed by atoms with Crippen molar-refractivity contribution in [1.82, 2.24) is 4.98 Å². The van der Waals surface area contributed by atoms with Gasteiger partial charge in [0.25, 0.3) is 6.47 Å². The van der Waals surface area contributed by atoms with E-state index in [2.05, 4.69) is 24.1 Å². The van der Waals surface area contributed by atoms with E-state index >= 15 is 0 Å². The lowest BCUT2D eigenvalue weighted by atomic mass is 9.57. The Bertz CT molecular complexity index is 1010. The molecule has 1 aromatic carbocycles. The standard InChI is InChI=1S/C26H28FNO2.C2H6.CH2O2/c1-16-25-23(22-8-3-2-5-18(22)14-24(25)26(29)30-16)12-11-21-10-9-19(15-28-21)17-6-4-7-20(27)13-17;1-2;2-1-3/h4,6-7,9-13,15-16,18,22-25H,2-3,5,8,14H2,1H3;1-2H3;1H,(H,2,3)/b12-11+;;/t16?,18-,22-,23-,24?,25?;;/m1../s1. The number of hydrogen-bond donors (Lipinski definition) is 1. The van der Waals surface area contributed by atoms with Crippen LogP contribution in [0.1, 0.15) is 58.6 Å². The molecule has 1 aromatic heterocycles. The average molecular weight is 482 g/mol. The second kappa shape index (κ2) is 12.6. The summed E-state index contributed by atoms with van der Waals surface area (Å²) in [5.41, 5.74) is 2.62. The topological polar surface area (TPSA) is 76.5 Å². The molecule has 2 heterocycles. The van der Waals surface area contributed by atoms with Gasteiger partial charge in [-0.25, -0.2) is 4.39 Å². The average Bonchev–Trinajstić information content (AvgIpc) is 3.16. The van der Waals surface area contributed by atoms with E-state index in [9.17, 15) is 9.18 Å². The largest absolute Gasteiger partial charge is 0.483 e. The van der Waals surface area contributed by atoms with E-state index in [0.717, 1.165) is 23.2 Å². The zero-order valence-electron chi connectivity index (χ0n) is 20.8. The Morgan fingerprint density at radius 3 is 2.54 bits per heavy atom. The van der Waals surface area contributed by atoms with E-state index in [1.807, 2.05) is 32.0 Å². The first-order valence-corrected chi connectivity index (χ1v) is 12.7. The van der Waals surface area contributed by atoms with E-state index in [-0.39, 0.29) is 36.2 Å². The van der Waals surface area contributed by atoms with Gasteiger partial charge in [0, 0.05) is 17.7 Å². The van der Waals surface area contributed by atoms with E-state index in [1.54, 1.807) is 12.3 Å². The lowest BCUT2D eigenvalue weighted by Gasteiger charge is -2.45. The molecule has 3 aliphatic rings. The maximum Gasteiger partial charge on any atom is 0.309 e. The van der Waals surface area contributed by atoms with Crippen molar-refractivity contribution in [3.8, 4) is 11.1 Å². The van der Waals surface area contributed by atoms with Gasteiger partial charge >= 0.3 is 5.97 Å². The molecule has 3 fully saturated rings. The third kappa shape index (κ3) is 6.16. The van der Waals surface area contributed by atoms with Gasteiger partial charge in [-0.15, -0.1) is 0 Å². The minimum absolute atomic E-state index is 0.00694. The minimum atomic E-state index is -0.250. The molecule has 3 unspecified atom stereocenters. The van der Waals surface area contributed by atoms with Crippen molar-refractivity contribution in [3.63, 3.8) is 0 Å². The van der Waals surface area contributed by atoms with Crippen LogP contribution in [0.5, 0.6) is 0 Å². The van der Waals surface area contributed by atoms with Crippen LogP contribution >= 0.6 is 0 Å². The van der Waals surface area contributed by atoms with Crippen molar-refractivity contribution in [2.75, 3.05) is 0 Å². The molecular formula is C29H36FNO4. The molecule has 188 valence electrons. The molecule has 0 bridgehead atoms. The molecule has 6 atom stereocenters. The number of allylic oxidation sites excluding steroid dienone is 1. The van der Waals surface area contributed by atoms with Crippen LogP contribution in [0.2, 0.25) is 0 Å². The Morgan fingerprint density at radius 2 is 1.86 bits per heavy atom. The normalized spacial score (nSPS) is 29.0. The molecule has 1 N–H and O–H groups in total. The van der Waals surface area contributed by atoms with Gasteiger partial charge < -0.3 is 9.84 Å². The third-order valence-corrected chi connectivity index (χ3v) is 7.51. The zero-order chi connectivity index (χ0) is 25.4. The number of carbonyl (C=O) groups excluding carboxylic acids is 1. The first kappa shape index (κ1) is 26.6. The van der Waals surface area contributed by atoms with Crippen molar-refractivity contribution in [2.24, 2.45) is 29.6 Å². The fourth-order valence-electron chi connectivity index (χ4n) is 6.14. The number of cyclic esters (lactones) is 1. The second-order valence-corrected chi connectivity index (χ2v) is 9.29. The number of halogens is 1. The van der Waals surface area contributed by atoms with Gasteiger partial charge in [-0.2, -0.15) is 0 Å². The van der Waals surface area contributed by atoms with Gasteiger partial charge in [-0.3, -0.25) is 14.6 Å². The molecule has 5 nitrogen and oxygen atoms in total. The van der Waals surface area contributed by atoms with Crippen LogP contribution in [0.15, 0.2) is 48.7 Å². The van der Waals surface area contributed by atoms with Crippen molar-refractivity contribution in [3.05, 3.63) is 60.2 Å². The fourth-order valence-corrected chi connectivity index (χ4v) is 6.14. The number of esters is 1. The predicted octanol–water partition coefficient (Wildman–Crippen LogP) is 6.63. The minimum Gasteiger partial charge on any atom is -0.483 e. The Balaban J connectivity index is 0.000000638. The number of carboxylic acid groups (broad SMARTS) is 1. The van der Waals surface area contributed by atoms with Crippen LogP contribution in [0, 0.1) is 35.4 Å². The molecule has 0 spiro atoms. The lowest BCUT2D eigenvalue weighted by molar-refractivity contribution is -0.144. The van der Waals surface area contributed by atoms with Gasteiger partial charge in [0.15, 0.2) is 0 Å². The van der Waals surface area contributed by atoms with Crippen molar-refractivity contribution in [2.45, 2.75) is 59.0 Å². The lowest BCUT2D eigenvalue weighted by Crippen LogP contribution is -2.42. The highest BCUT2D eigenvalue weighted by molar-refractivity contribution is 5.75. The number of aromatic nitrogens is 1. The number of nitrogens with zero attached hydrogens (tertiary/aromatic N) is 1. The molecule has 0 amide bonds. The van der Waals surface area contributed by atoms with Crippen LogP contribution in [-0.4, -0.2) is 28.6 Å². The summed E-state index contributed by atoms with van der Waals surface area (Å²) in [7, 11) is 0. The summed E-state index contributed by atoms with van der Waals surface area (Å²) in [5, 5.41) is 6.89. The quantitative estimate of drug-likeness (QED) is 0.393. The fraction of sp³-hybridized carbons (Fsp3) is 0.483. The van der Waals surface area contributed by atoms with Gasteiger partial charge in [-0.1, -0.05) is 57.4 Å². The highest BCUT2D eigenvalue weighted by Gasteiger charge is 2.53. The first-order chi connectivity index (χ1) is 17.0. The number of rotatable bonds is 3. The molecule has 5 rings (SSSR count). The summed E-state index contributed by atoms with van der Waals surface area (Å²) in [5.74, 6) is 1.73. The number of pyridine rings is 1. The summed E-state index contributed by atoms with van der Waals surface area (Å²) in [6, 6.07) is 10.5. The van der Waals surface area contributed by atoms with Gasteiger partial charge in [0.05, 0.1) is 11.6 Å². The van der Waals surface area contributed by atoms with E-state index in [4.69, 9.17) is 14.6 Å². The molecule has 35 heavy (non-hydrogen) atoms. The van der Waals surface area contributed by atoms with Gasteiger partial charge in [0.1, 0.15) is 11.9 Å². The molecule has 1 aliphatic heterocycles. The molecule has 2 aliphatic carbocycles. The molecule has 2 aromatic rings. The van der Waals surface area contributed by atoms with E-state index in [0.29, 0.717) is 17.8 Å². The zero-order valence-corrected chi connectivity index (χ0v) is 20.8. The van der Waals surface area contributed by atoms with Crippen LogP contribution in [0.3, 0.4) is 0 Å². The Labute approximate surface area is 207 Å². The molecule has 6 heteroatoms. The SMILES string of the molecule is CC.CC1OC(=O)C2C[C@H]3CCCC[C@H]3[C@@H](/C=C/c3ccc(-c4cccc(F)c4)cn3)C12.O=CO. The number of hydrogen-bond acceptors (Lipinski definition) is 4. The second-order valence-electron chi connectivity index (χ2n) is 9.29. The number of fused-ring (bicyclic) bond motifs is 2. The van der Waals surface area contributed by atoms with Gasteiger partial charge in [-0.05, 0) is 67.4 Å². The number of benzene rings is 1. The summed E-state index contributed by atoms with van der Waals surface area (Å²) >= 11 is 0. The Kier molecular flexibility index (Phi) is 9.58. The van der Waals surface area contributed by atoms with E-state index < -0.39 is 0 Å². The predicted molar refractivity (Wildman–Crippen MR) is 135 cm³/mol. The van der Waals surface area contributed by atoms with Crippen LogP contribution < -0.4 is 0 Å². The van der Waals surface area contributed by atoms with Crippen molar-refractivity contribution < 1.29 is 23.8 Å². The summed E-state index contributed by atoms with van der Waals surface area (Å²) in [4.78, 5) is 25.4. The highest BCUT2D eigenvalue weighted by atomic mass is 19.1. The Morgan fingerprint density at radius 1 is 1.11 bits per heavy atom. The maximum absolute atomic E-state index is 13.5. The number of carbonyl (C=O) groups is 2. The molecule has 2 saturated carbocycles. The monoisotopic (exact) mass is 481 g/mol. The molecular weight excluding hydrogens is 445 g/mol. The van der Waals surface area contributed by atoms with E-state index in [1.165, 1.54) is 37.8 Å². The van der Waals surface area contributed by atoms with Crippen LogP contribution in [0.25, 0.3) is 17.2 Å². The summed E-state index contributed by atoms with van der Waals surface area (Å²) in [6.07, 6.45) is 12.2. The highest BCUT2D eigenvalue weighted by Crippen LogP contribution is 2.53. The van der Waals surface area contributed by atoms with Crippen LogP contribution in [-0.2, 0) is 14.3 Å². The number of ether oxygens (including phenoxy) is 1. The summed E-state index contributed by atoms with van der Waals surface area (Å²) < 4.78 is 19.1. The maximum atomic E-state index is 13.5. The smallest absolute Gasteiger partial charge is 0.309 e. The van der Waals surface area contributed by atoms with Gasteiger partial charge in [0.2, 0.25) is 0 Å². The summed E-state index contributed by atoms with van der Waals surface area (Å²) in [6.45, 7) is 5.80. The van der Waals surface area contributed by atoms with Crippen molar-refractivity contribution >= 4 is 18.5 Å². The van der Waals surface area contributed by atoms with Crippen molar-refractivity contribution in [1.29, 1.82) is 0 Å². The third-order valence-electron chi connectivity index (χ3n) is 7.51. The molecule has 1 saturated heterocycles. The molecule has 0 radical (unpaired) electrons. The first-order valence-electron chi connectivity index (χ1n) is 12.7.